The molecule has 0 saturated carbocycles. The second-order valence-corrected chi connectivity index (χ2v) is 12.8. The molecule has 0 saturated heterocycles. The normalized spacial score (nSPS) is 9.68. The standard InChI is InChI=1S/C39H27.3C5H5.3Fe/c1-4-16-28(17-5-1)34-35(29-18-6-2-7-19-29)37(31-22-10-11-23-31)39(33-26-14-15-27-33)38(32-24-12-13-25-32)36(34)30-20-8-3-9-21-30;3*1-2-4-5-3-1;;;/h1-27H;3*1-5H;;;/q-3;3*-1;3*+2. The van der Waals surface area contributed by atoms with Crippen molar-refractivity contribution in [2.75, 3.05) is 0 Å². The summed E-state index contributed by atoms with van der Waals surface area (Å²) in [7, 11) is 0. The minimum Gasteiger partial charge on any atom is -0.214 e. The van der Waals surface area contributed by atoms with Crippen LogP contribution in [0.25, 0.3) is 66.8 Å². The van der Waals surface area contributed by atoms with Crippen LogP contribution < -0.4 is 0 Å². The molecule has 0 N–H and O–H groups in total. The van der Waals surface area contributed by atoms with Crippen molar-refractivity contribution in [2.45, 2.75) is 0 Å². The van der Waals surface area contributed by atoms with Gasteiger partial charge in [0, 0.05) is 0 Å². The summed E-state index contributed by atoms with van der Waals surface area (Å²) in [5.74, 6) is 0. The Morgan fingerprint density at radius 3 is 0.737 bits per heavy atom. The molecule has 3 heteroatoms. The van der Waals surface area contributed by atoms with Crippen LogP contribution in [-0.2, 0) is 51.2 Å². The van der Waals surface area contributed by atoms with Gasteiger partial charge in [-0.2, -0.15) is 108 Å². The third-order valence-electron chi connectivity index (χ3n) is 9.21. The van der Waals surface area contributed by atoms with Gasteiger partial charge in [-0.05, 0) is 5.56 Å². The first-order chi connectivity index (χ1) is 26.9. The summed E-state index contributed by atoms with van der Waals surface area (Å²) in [6.45, 7) is 0. The molecule has 0 nitrogen and oxygen atoms in total. The molecule has 0 bridgehead atoms. The smallest absolute Gasteiger partial charge is 0.214 e. The van der Waals surface area contributed by atoms with Gasteiger partial charge in [-0.15, -0.1) is 64.2 Å². The van der Waals surface area contributed by atoms with E-state index in [1.54, 1.807) is 0 Å². The van der Waals surface area contributed by atoms with Crippen molar-refractivity contribution < 1.29 is 51.2 Å². The molecule has 10 aromatic carbocycles. The Morgan fingerprint density at radius 1 is 0.246 bits per heavy atom. The zero-order valence-electron chi connectivity index (χ0n) is 31.3. The summed E-state index contributed by atoms with van der Waals surface area (Å²) in [6, 6.07) is 89.1. The molecule has 0 atom stereocenters. The Labute approximate surface area is 370 Å². The summed E-state index contributed by atoms with van der Waals surface area (Å²) in [4.78, 5) is 0. The molecule has 0 radical (unpaired) electrons. The van der Waals surface area contributed by atoms with Crippen molar-refractivity contribution in [3.63, 3.8) is 0 Å². The van der Waals surface area contributed by atoms with Crippen LogP contribution >= 0.6 is 0 Å². The Kier molecular flexibility index (Phi) is 18.3. The molecule has 10 rings (SSSR count). The molecule has 57 heavy (non-hydrogen) atoms. The number of hydrogen-bond acceptors (Lipinski definition) is 0. The molecule has 0 aliphatic rings. The van der Waals surface area contributed by atoms with Crippen LogP contribution in [0.2, 0.25) is 0 Å². The molecule has 10 aromatic rings. The quantitative estimate of drug-likeness (QED) is 0.115. The van der Waals surface area contributed by atoms with E-state index in [9.17, 15) is 0 Å². The average Bonchev–Trinajstić information content (AvgIpc) is 4.11. The van der Waals surface area contributed by atoms with Gasteiger partial charge in [0.2, 0.25) is 0 Å². The summed E-state index contributed by atoms with van der Waals surface area (Å²) in [5, 5.41) is 0. The summed E-state index contributed by atoms with van der Waals surface area (Å²) >= 11 is 0. The third-order valence-corrected chi connectivity index (χ3v) is 9.21. The maximum absolute atomic E-state index is 2.25. The van der Waals surface area contributed by atoms with E-state index in [4.69, 9.17) is 0 Å². The van der Waals surface area contributed by atoms with Crippen molar-refractivity contribution >= 4 is 0 Å². The molecule has 0 aliphatic carbocycles. The van der Waals surface area contributed by atoms with E-state index in [0.717, 1.165) is 0 Å². The fourth-order valence-electron chi connectivity index (χ4n) is 6.88. The zero-order chi connectivity index (χ0) is 36.6. The fraction of sp³-hybridized carbons (Fsp3) is 0. The second-order valence-electron chi connectivity index (χ2n) is 12.8. The molecule has 282 valence electrons. The van der Waals surface area contributed by atoms with E-state index in [1.165, 1.54) is 66.8 Å². The molecule has 0 aliphatic heterocycles. The van der Waals surface area contributed by atoms with Crippen molar-refractivity contribution in [3.05, 3.63) is 255 Å². The van der Waals surface area contributed by atoms with Gasteiger partial charge < -0.3 is 0 Å². The van der Waals surface area contributed by atoms with Crippen LogP contribution in [-0.4, -0.2) is 0 Å². The molecular formula is C54H42Fe3. The van der Waals surface area contributed by atoms with E-state index < -0.39 is 0 Å². The van der Waals surface area contributed by atoms with Crippen molar-refractivity contribution in [1.82, 2.24) is 0 Å². The van der Waals surface area contributed by atoms with E-state index in [0.29, 0.717) is 0 Å². The number of benzene rings is 4. The largest absolute Gasteiger partial charge is 2.00 e. The molecule has 0 unspecified atom stereocenters. The topological polar surface area (TPSA) is 0 Å². The Bertz CT molecular complexity index is 2200. The van der Waals surface area contributed by atoms with Gasteiger partial charge in [0.25, 0.3) is 0 Å². The number of rotatable bonds is 6. The molecule has 0 spiro atoms. The second kappa shape index (κ2) is 23.6. The molecule has 0 fully saturated rings. The first-order valence-corrected chi connectivity index (χ1v) is 18.5. The minimum atomic E-state index is 0. The van der Waals surface area contributed by atoms with Crippen LogP contribution in [0.4, 0.5) is 0 Å². The monoisotopic (exact) mass is 858 g/mol. The van der Waals surface area contributed by atoms with Gasteiger partial charge in [-0.3, -0.25) is 0 Å². The van der Waals surface area contributed by atoms with Crippen molar-refractivity contribution in [2.24, 2.45) is 0 Å². The molecule has 0 amide bonds. The molecule has 0 heterocycles. The first-order valence-electron chi connectivity index (χ1n) is 18.5. The van der Waals surface area contributed by atoms with E-state index >= 15 is 0 Å². The van der Waals surface area contributed by atoms with Crippen LogP contribution in [0.3, 0.4) is 0 Å². The van der Waals surface area contributed by atoms with E-state index in [2.05, 4.69) is 164 Å². The van der Waals surface area contributed by atoms with Gasteiger partial charge in [0.15, 0.2) is 0 Å². The maximum atomic E-state index is 2.25. The number of hydrogen-bond donors (Lipinski definition) is 0. The van der Waals surface area contributed by atoms with Crippen LogP contribution in [0.5, 0.6) is 0 Å². The third kappa shape index (κ3) is 11.3. The SMILES string of the molecule is [Fe+2].[Fe+2].[Fe+2].c1cc[cH-]c1.c1cc[cH-]c1.c1cc[cH-]c1.c1ccc(-c2c(-c3ccccc3)c(-[c-]3cccc3)c(-[c-]3cccc3)c(-[c-]3cccc3)c2-c2ccccc2)cc1. The van der Waals surface area contributed by atoms with E-state index in [1.807, 2.05) is 91.0 Å². The Hall–Kier alpha value is -5.46. The van der Waals surface area contributed by atoms with Gasteiger partial charge in [-0.1, -0.05) is 108 Å². The predicted octanol–water partition coefficient (Wildman–Crippen LogP) is 15.1. The predicted molar refractivity (Wildman–Crippen MR) is 232 cm³/mol. The van der Waals surface area contributed by atoms with Crippen molar-refractivity contribution in [3.8, 4) is 66.8 Å². The van der Waals surface area contributed by atoms with Crippen LogP contribution in [0, 0.1) is 0 Å². The Balaban J connectivity index is 0.000000335. The van der Waals surface area contributed by atoms with Gasteiger partial charge in [0.05, 0.1) is 0 Å². The summed E-state index contributed by atoms with van der Waals surface area (Å²) < 4.78 is 0. The van der Waals surface area contributed by atoms with E-state index in [-0.39, 0.29) is 51.2 Å². The van der Waals surface area contributed by atoms with Gasteiger partial charge in [-0.25, -0.2) is 36.4 Å². The first kappa shape index (κ1) is 44.3. The average molecular weight is 858 g/mol. The summed E-state index contributed by atoms with van der Waals surface area (Å²) in [6.07, 6.45) is 0. The zero-order valence-corrected chi connectivity index (χ0v) is 34.6. The molecule has 0 aromatic heterocycles. The molecular weight excluding hydrogens is 816 g/mol. The Morgan fingerprint density at radius 2 is 0.491 bits per heavy atom. The van der Waals surface area contributed by atoms with Gasteiger partial charge >= 0.3 is 51.2 Å². The fourth-order valence-corrected chi connectivity index (χ4v) is 6.88. The maximum Gasteiger partial charge on any atom is 2.00 e. The van der Waals surface area contributed by atoms with Crippen LogP contribution in [0.15, 0.2) is 255 Å². The van der Waals surface area contributed by atoms with Crippen LogP contribution in [0.1, 0.15) is 0 Å². The van der Waals surface area contributed by atoms with Gasteiger partial charge in [0.1, 0.15) is 0 Å². The summed E-state index contributed by atoms with van der Waals surface area (Å²) in [5.41, 5.74) is 14.9. The van der Waals surface area contributed by atoms with Crippen molar-refractivity contribution in [1.29, 1.82) is 0 Å². The minimum absolute atomic E-state index is 0.